The van der Waals surface area contributed by atoms with E-state index in [1.807, 2.05) is 18.2 Å². The van der Waals surface area contributed by atoms with Gasteiger partial charge in [-0.2, -0.15) is 0 Å². The van der Waals surface area contributed by atoms with Crippen LogP contribution in [0.15, 0.2) is 36.5 Å². The second-order valence-electron chi connectivity index (χ2n) is 7.75. The summed E-state index contributed by atoms with van der Waals surface area (Å²) < 4.78 is 19.3. The second kappa shape index (κ2) is 8.58. The largest absolute Gasteiger partial charge is 0.480 e. The molecule has 0 radical (unpaired) electrons. The highest BCUT2D eigenvalue weighted by atomic mass is 35.5. The smallest absolute Gasteiger partial charge is 0.236 e. The zero-order valence-corrected chi connectivity index (χ0v) is 16.8. The number of benzene rings is 1. The average molecular weight is 402 g/mol. The lowest BCUT2D eigenvalue weighted by atomic mass is 9.69. The van der Waals surface area contributed by atoms with Gasteiger partial charge in [0.15, 0.2) is 0 Å². The Morgan fingerprint density at radius 2 is 2.00 bits per heavy atom. The maximum atomic E-state index is 13.9. The highest BCUT2D eigenvalue weighted by molar-refractivity contribution is 6.29. The number of methoxy groups -OCH3 is 1. The number of halogens is 2. The molecular formula is C22H25ClFN3O. The van der Waals surface area contributed by atoms with Crippen LogP contribution in [0.3, 0.4) is 0 Å². The summed E-state index contributed by atoms with van der Waals surface area (Å²) in [7, 11) is 1.61. The Labute approximate surface area is 170 Å². The summed E-state index contributed by atoms with van der Waals surface area (Å²) in [6.07, 6.45) is 9.40. The van der Waals surface area contributed by atoms with Crippen LogP contribution < -0.4 is 4.74 Å². The molecule has 1 saturated heterocycles. The molecule has 4 rings (SSSR count). The molecule has 2 bridgehead atoms. The number of aromatic nitrogens is 2. The van der Waals surface area contributed by atoms with Crippen LogP contribution in [0.5, 0.6) is 5.88 Å². The molecule has 148 valence electrons. The quantitative estimate of drug-likeness (QED) is 0.718. The first-order chi connectivity index (χ1) is 13.6. The standard InChI is InChI=1S/C22H25ClFN3O/c1-28-22-20(26-21(23)11-25-22)14-27-12-16-6-4-7-17(13-27)18(16)10-9-15-5-2-3-8-19(15)24/h2-3,5,8-11,16-18H,4,6-7,12-14H2,1H3. The molecule has 4 nitrogen and oxygen atoms in total. The summed E-state index contributed by atoms with van der Waals surface area (Å²) >= 11 is 6.04. The lowest BCUT2D eigenvalue weighted by molar-refractivity contribution is 0.0409. The molecule has 2 aliphatic rings. The summed E-state index contributed by atoms with van der Waals surface area (Å²) in [5, 5.41) is 0.388. The zero-order valence-electron chi connectivity index (χ0n) is 16.0. The van der Waals surface area contributed by atoms with Crippen LogP contribution in [-0.4, -0.2) is 35.1 Å². The number of likely N-dealkylation sites (tertiary alicyclic amines) is 1. The van der Waals surface area contributed by atoms with Crippen LogP contribution in [0.2, 0.25) is 5.15 Å². The molecule has 2 atom stereocenters. The van der Waals surface area contributed by atoms with Gasteiger partial charge in [-0.25, -0.2) is 14.4 Å². The fraction of sp³-hybridized carbons (Fsp3) is 0.455. The van der Waals surface area contributed by atoms with E-state index in [4.69, 9.17) is 16.3 Å². The monoisotopic (exact) mass is 401 g/mol. The number of allylic oxidation sites excluding steroid dienone is 1. The highest BCUT2D eigenvalue weighted by Crippen LogP contribution is 2.41. The third kappa shape index (κ3) is 4.20. The SMILES string of the molecule is COc1ncc(Cl)nc1CN1CC2CCCC(C1)C2C=Cc1ccccc1F. The van der Waals surface area contributed by atoms with Crippen LogP contribution in [0.4, 0.5) is 4.39 Å². The molecule has 0 N–H and O–H groups in total. The van der Waals surface area contributed by atoms with Gasteiger partial charge in [-0.3, -0.25) is 4.90 Å². The fourth-order valence-electron chi connectivity index (χ4n) is 4.72. The van der Waals surface area contributed by atoms with Crippen molar-refractivity contribution in [1.82, 2.24) is 14.9 Å². The predicted octanol–water partition coefficient (Wildman–Crippen LogP) is 4.84. The number of ether oxygens (including phenoxy) is 1. The van der Waals surface area contributed by atoms with Crippen LogP contribution in [0.1, 0.15) is 30.5 Å². The van der Waals surface area contributed by atoms with E-state index in [0.29, 0.717) is 40.9 Å². The molecule has 2 fully saturated rings. The van der Waals surface area contributed by atoms with E-state index >= 15 is 0 Å². The molecule has 1 aromatic heterocycles. The minimum absolute atomic E-state index is 0.159. The molecule has 28 heavy (non-hydrogen) atoms. The Bertz CT molecular complexity index is 845. The molecule has 6 heteroatoms. The third-order valence-corrected chi connectivity index (χ3v) is 6.15. The summed E-state index contributed by atoms with van der Waals surface area (Å²) in [5.41, 5.74) is 1.45. The van der Waals surface area contributed by atoms with Crippen LogP contribution in [-0.2, 0) is 6.54 Å². The Morgan fingerprint density at radius 3 is 2.71 bits per heavy atom. The summed E-state index contributed by atoms with van der Waals surface area (Å²) in [6.45, 7) is 2.69. The van der Waals surface area contributed by atoms with Crippen molar-refractivity contribution in [2.24, 2.45) is 17.8 Å². The van der Waals surface area contributed by atoms with E-state index in [9.17, 15) is 4.39 Å². The summed E-state index contributed by atoms with van der Waals surface area (Å²) in [6, 6.07) is 6.96. The van der Waals surface area contributed by atoms with Gasteiger partial charge in [0.1, 0.15) is 16.7 Å². The Kier molecular flexibility index (Phi) is 5.93. The Balaban J connectivity index is 1.48. The predicted molar refractivity (Wildman–Crippen MR) is 109 cm³/mol. The van der Waals surface area contributed by atoms with Crippen LogP contribution in [0.25, 0.3) is 6.08 Å². The Hall–Kier alpha value is -1.98. The van der Waals surface area contributed by atoms with Gasteiger partial charge >= 0.3 is 0 Å². The Morgan fingerprint density at radius 1 is 1.25 bits per heavy atom. The van der Waals surface area contributed by atoms with Gasteiger partial charge in [-0.15, -0.1) is 0 Å². The first kappa shape index (κ1) is 19.3. The molecule has 1 aliphatic heterocycles. The molecule has 2 aromatic rings. The van der Waals surface area contributed by atoms with E-state index in [1.165, 1.54) is 31.5 Å². The van der Waals surface area contributed by atoms with Crippen LogP contribution in [0, 0.1) is 23.6 Å². The number of fused-ring (bicyclic) bond motifs is 2. The maximum Gasteiger partial charge on any atom is 0.236 e. The molecule has 1 aromatic carbocycles. The summed E-state index contributed by atoms with van der Waals surface area (Å²) in [5.74, 6) is 2.03. The fourth-order valence-corrected chi connectivity index (χ4v) is 4.87. The third-order valence-electron chi connectivity index (χ3n) is 5.97. The molecule has 0 amide bonds. The van der Waals surface area contributed by atoms with E-state index in [-0.39, 0.29) is 5.82 Å². The average Bonchev–Trinajstić information content (AvgIpc) is 2.67. The first-order valence-corrected chi connectivity index (χ1v) is 10.2. The number of rotatable bonds is 5. The number of hydrogen-bond donors (Lipinski definition) is 0. The molecular weight excluding hydrogens is 377 g/mol. The lowest BCUT2D eigenvalue weighted by Gasteiger charge is -2.46. The van der Waals surface area contributed by atoms with Gasteiger partial charge in [0.05, 0.1) is 13.3 Å². The van der Waals surface area contributed by atoms with Gasteiger partial charge in [0.25, 0.3) is 0 Å². The number of nitrogens with zero attached hydrogens (tertiary/aromatic N) is 3. The topological polar surface area (TPSA) is 38.3 Å². The van der Waals surface area contributed by atoms with Crippen molar-refractivity contribution in [3.63, 3.8) is 0 Å². The van der Waals surface area contributed by atoms with Gasteiger partial charge in [-0.05, 0) is 36.7 Å². The number of piperidine rings is 1. The van der Waals surface area contributed by atoms with E-state index < -0.39 is 0 Å². The van der Waals surface area contributed by atoms with Gasteiger partial charge in [0.2, 0.25) is 5.88 Å². The van der Waals surface area contributed by atoms with Crippen molar-refractivity contribution < 1.29 is 9.13 Å². The van der Waals surface area contributed by atoms with Crippen molar-refractivity contribution in [3.05, 3.63) is 58.8 Å². The molecule has 1 saturated carbocycles. The van der Waals surface area contributed by atoms with Crippen molar-refractivity contribution in [1.29, 1.82) is 0 Å². The van der Waals surface area contributed by atoms with Gasteiger partial charge in [0, 0.05) is 25.2 Å². The van der Waals surface area contributed by atoms with Crippen molar-refractivity contribution >= 4 is 17.7 Å². The highest BCUT2D eigenvalue weighted by Gasteiger charge is 2.38. The van der Waals surface area contributed by atoms with Crippen molar-refractivity contribution in [2.75, 3.05) is 20.2 Å². The zero-order chi connectivity index (χ0) is 19.5. The number of hydrogen-bond acceptors (Lipinski definition) is 4. The molecule has 2 heterocycles. The van der Waals surface area contributed by atoms with E-state index in [2.05, 4.69) is 20.9 Å². The minimum Gasteiger partial charge on any atom is -0.480 e. The molecule has 2 unspecified atom stereocenters. The summed E-state index contributed by atoms with van der Waals surface area (Å²) in [4.78, 5) is 11.1. The van der Waals surface area contributed by atoms with Crippen molar-refractivity contribution in [3.8, 4) is 5.88 Å². The minimum atomic E-state index is -0.159. The lowest BCUT2D eigenvalue weighted by Crippen LogP contribution is -2.47. The second-order valence-corrected chi connectivity index (χ2v) is 8.14. The van der Waals surface area contributed by atoms with E-state index in [0.717, 1.165) is 18.8 Å². The molecule has 1 aliphatic carbocycles. The van der Waals surface area contributed by atoms with Gasteiger partial charge in [-0.1, -0.05) is 48.4 Å². The molecule has 0 spiro atoms. The first-order valence-electron chi connectivity index (χ1n) is 9.84. The van der Waals surface area contributed by atoms with Crippen molar-refractivity contribution in [2.45, 2.75) is 25.8 Å². The maximum absolute atomic E-state index is 13.9. The van der Waals surface area contributed by atoms with E-state index in [1.54, 1.807) is 13.2 Å². The van der Waals surface area contributed by atoms with Gasteiger partial charge < -0.3 is 4.74 Å². The van der Waals surface area contributed by atoms with Crippen LogP contribution >= 0.6 is 11.6 Å². The normalized spacial score (nSPS) is 25.2.